The van der Waals surface area contributed by atoms with E-state index in [0.717, 1.165) is 0 Å². The van der Waals surface area contributed by atoms with Crippen molar-refractivity contribution in [2.45, 2.75) is 6.92 Å². The fourth-order valence-corrected chi connectivity index (χ4v) is 2.19. The summed E-state index contributed by atoms with van der Waals surface area (Å²) in [7, 11) is 0. The van der Waals surface area contributed by atoms with Crippen molar-refractivity contribution in [1.82, 2.24) is 4.98 Å². The fraction of sp³-hybridized carbons (Fsp3) is 0.417. The lowest BCUT2D eigenvalue weighted by Gasteiger charge is -2.24. The molecule has 7 heteroatoms. The summed E-state index contributed by atoms with van der Waals surface area (Å²) in [4.78, 5) is 16.8. The molecule has 1 aromatic carbocycles. The van der Waals surface area contributed by atoms with E-state index in [-0.39, 0.29) is 5.69 Å². The standard InChI is InChI=1S/C12H13N3O4/c1-8-10(15(16)17)3-2-9-11(8)19-12(13-9)14-4-6-18-7-5-14/h2-3H,4-7H2,1H3. The molecule has 1 aliphatic rings. The lowest BCUT2D eigenvalue weighted by molar-refractivity contribution is -0.385. The second-order valence-electron chi connectivity index (χ2n) is 4.41. The Hall–Kier alpha value is -2.15. The average Bonchev–Trinajstić information content (AvgIpc) is 2.85. The van der Waals surface area contributed by atoms with E-state index in [0.29, 0.717) is 49.0 Å². The van der Waals surface area contributed by atoms with Crippen LogP contribution in [0.15, 0.2) is 16.5 Å². The van der Waals surface area contributed by atoms with Crippen LogP contribution in [0.5, 0.6) is 0 Å². The molecule has 7 nitrogen and oxygen atoms in total. The number of anilines is 1. The van der Waals surface area contributed by atoms with Crippen molar-refractivity contribution in [3.05, 3.63) is 27.8 Å². The molecule has 2 heterocycles. The van der Waals surface area contributed by atoms with Gasteiger partial charge in [0.05, 0.1) is 23.7 Å². The van der Waals surface area contributed by atoms with Crippen LogP contribution in [0.1, 0.15) is 5.56 Å². The van der Waals surface area contributed by atoms with Crippen molar-refractivity contribution in [1.29, 1.82) is 0 Å². The van der Waals surface area contributed by atoms with Crippen LogP contribution in [-0.2, 0) is 4.74 Å². The van der Waals surface area contributed by atoms with Crippen LogP contribution in [0.4, 0.5) is 11.7 Å². The number of fused-ring (bicyclic) bond motifs is 1. The fourth-order valence-electron chi connectivity index (χ4n) is 2.19. The Labute approximate surface area is 108 Å². The van der Waals surface area contributed by atoms with Crippen molar-refractivity contribution in [2.75, 3.05) is 31.2 Å². The molecule has 0 N–H and O–H groups in total. The van der Waals surface area contributed by atoms with Crippen LogP contribution < -0.4 is 4.90 Å². The number of nitrogens with zero attached hydrogens (tertiary/aromatic N) is 3. The molecule has 0 spiro atoms. The Morgan fingerprint density at radius 2 is 2.11 bits per heavy atom. The van der Waals surface area contributed by atoms with Crippen LogP contribution in [0.2, 0.25) is 0 Å². The molecule has 19 heavy (non-hydrogen) atoms. The van der Waals surface area contributed by atoms with Crippen molar-refractivity contribution in [2.24, 2.45) is 0 Å². The smallest absolute Gasteiger partial charge is 0.298 e. The number of morpholine rings is 1. The van der Waals surface area contributed by atoms with Gasteiger partial charge in [0.15, 0.2) is 5.58 Å². The Morgan fingerprint density at radius 3 is 2.79 bits per heavy atom. The number of oxazole rings is 1. The van der Waals surface area contributed by atoms with Crippen molar-refractivity contribution < 1.29 is 14.1 Å². The first kappa shape index (κ1) is 11.9. The molecule has 0 saturated carbocycles. The van der Waals surface area contributed by atoms with Gasteiger partial charge in [0.2, 0.25) is 0 Å². The van der Waals surface area contributed by atoms with Crippen LogP contribution in [-0.4, -0.2) is 36.2 Å². The van der Waals surface area contributed by atoms with Gasteiger partial charge in [-0.3, -0.25) is 10.1 Å². The lowest BCUT2D eigenvalue weighted by atomic mass is 10.2. The zero-order valence-corrected chi connectivity index (χ0v) is 10.5. The van der Waals surface area contributed by atoms with E-state index in [1.807, 2.05) is 4.90 Å². The maximum Gasteiger partial charge on any atom is 0.298 e. The van der Waals surface area contributed by atoms with E-state index in [4.69, 9.17) is 9.15 Å². The van der Waals surface area contributed by atoms with Gasteiger partial charge in [-0.15, -0.1) is 0 Å². The minimum Gasteiger partial charge on any atom is -0.423 e. The van der Waals surface area contributed by atoms with Crippen molar-refractivity contribution in [3.63, 3.8) is 0 Å². The van der Waals surface area contributed by atoms with Gasteiger partial charge in [-0.25, -0.2) is 0 Å². The largest absolute Gasteiger partial charge is 0.423 e. The number of aryl methyl sites for hydroxylation is 1. The molecule has 1 aliphatic heterocycles. The molecule has 0 bridgehead atoms. The summed E-state index contributed by atoms with van der Waals surface area (Å²) in [5.41, 5.74) is 1.69. The molecule has 0 radical (unpaired) electrons. The van der Waals surface area contributed by atoms with E-state index in [1.54, 1.807) is 13.0 Å². The summed E-state index contributed by atoms with van der Waals surface area (Å²) in [6, 6.07) is 3.58. The second kappa shape index (κ2) is 4.51. The van der Waals surface area contributed by atoms with Gasteiger partial charge in [-0.1, -0.05) is 0 Å². The Bertz CT molecular complexity index is 631. The number of ether oxygens (including phenoxy) is 1. The van der Waals surface area contributed by atoms with E-state index >= 15 is 0 Å². The van der Waals surface area contributed by atoms with Gasteiger partial charge in [0, 0.05) is 19.2 Å². The molecular formula is C12H13N3O4. The lowest BCUT2D eigenvalue weighted by Crippen LogP contribution is -2.36. The highest BCUT2D eigenvalue weighted by Crippen LogP contribution is 2.30. The summed E-state index contributed by atoms with van der Waals surface area (Å²) in [6.07, 6.45) is 0. The van der Waals surface area contributed by atoms with Gasteiger partial charge in [0.25, 0.3) is 11.7 Å². The molecule has 0 unspecified atom stereocenters. The third-order valence-corrected chi connectivity index (χ3v) is 3.24. The predicted octanol–water partition coefficient (Wildman–Crippen LogP) is 1.88. The number of hydrogen-bond donors (Lipinski definition) is 0. The number of rotatable bonds is 2. The number of aromatic nitrogens is 1. The topological polar surface area (TPSA) is 81.6 Å². The number of nitro benzene ring substituents is 1. The summed E-state index contributed by atoms with van der Waals surface area (Å²) in [6.45, 7) is 4.38. The zero-order chi connectivity index (χ0) is 13.4. The van der Waals surface area contributed by atoms with E-state index in [2.05, 4.69) is 4.98 Å². The summed E-state index contributed by atoms with van der Waals surface area (Å²) >= 11 is 0. The quantitative estimate of drug-likeness (QED) is 0.607. The predicted molar refractivity (Wildman–Crippen MR) is 68.4 cm³/mol. The number of benzene rings is 1. The molecule has 1 fully saturated rings. The number of hydrogen-bond acceptors (Lipinski definition) is 6. The normalized spacial score (nSPS) is 15.9. The molecule has 0 atom stereocenters. The average molecular weight is 263 g/mol. The maximum atomic E-state index is 10.9. The monoisotopic (exact) mass is 263 g/mol. The second-order valence-corrected chi connectivity index (χ2v) is 4.41. The first-order valence-corrected chi connectivity index (χ1v) is 6.04. The van der Waals surface area contributed by atoms with Crippen molar-refractivity contribution in [3.8, 4) is 0 Å². The first-order chi connectivity index (χ1) is 9.16. The van der Waals surface area contributed by atoms with Crippen molar-refractivity contribution >= 4 is 22.8 Å². The molecular weight excluding hydrogens is 250 g/mol. The third-order valence-electron chi connectivity index (χ3n) is 3.24. The Kier molecular flexibility index (Phi) is 2.83. The molecule has 3 rings (SSSR count). The van der Waals surface area contributed by atoms with Crippen LogP contribution in [0.3, 0.4) is 0 Å². The van der Waals surface area contributed by atoms with Gasteiger partial charge < -0.3 is 14.1 Å². The highest BCUT2D eigenvalue weighted by atomic mass is 16.6. The van der Waals surface area contributed by atoms with Gasteiger partial charge >= 0.3 is 0 Å². The van der Waals surface area contributed by atoms with Crippen LogP contribution in [0, 0.1) is 17.0 Å². The molecule has 0 aliphatic carbocycles. The van der Waals surface area contributed by atoms with Crippen LogP contribution >= 0.6 is 0 Å². The summed E-state index contributed by atoms with van der Waals surface area (Å²) < 4.78 is 11.0. The molecule has 1 saturated heterocycles. The maximum absolute atomic E-state index is 10.9. The highest BCUT2D eigenvalue weighted by Gasteiger charge is 2.21. The van der Waals surface area contributed by atoms with Gasteiger partial charge in [-0.2, -0.15) is 4.98 Å². The molecule has 2 aromatic rings. The first-order valence-electron chi connectivity index (χ1n) is 6.04. The van der Waals surface area contributed by atoms with Gasteiger partial charge in [-0.05, 0) is 13.0 Å². The molecule has 0 amide bonds. The Balaban J connectivity index is 2.05. The molecule has 100 valence electrons. The molecule has 1 aromatic heterocycles. The van der Waals surface area contributed by atoms with Crippen LogP contribution in [0.25, 0.3) is 11.1 Å². The SMILES string of the molecule is Cc1c([N+](=O)[O-])ccc2nc(N3CCOCC3)oc12. The van der Waals surface area contributed by atoms with Gasteiger partial charge in [0.1, 0.15) is 5.52 Å². The van der Waals surface area contributed by atoms with E-state index in [9.17, 15) is 10.1 Å². The number of nitro groups is 1. The summed E-state index contributed by atoms with van der Waals surface area (Å²) in [5.74, 6) is 0. The van der Waals surface area contributed by atoms with E-state index < -0.39 is 4.92 Å². The van der Waals surface area contributed by atoms with E-state index in [1.165, 1.54) is 6.07 Å². The Morgan fingerprint density at radius 1 is 1.37 bits per heavy atom. The summed E-state index contributed by atoms with van der Waals surface area (Å²) in [5, 5.41) is 10.9. The minimum absolute atomic E-state index is 0.0529. The highest BCUT2D eigenvalue weighted by molar-refractivity contribution is 5.81. The zero-order valence-electron chi connectivity index (χ0n) is 10.5. The third kappa shape index (κ3) is 2.01. The minimum atomic E-state index is -0.411.